The molecule has 0 saturated heterocycles. The van der Waals surface area contributed by atoms with E-state index in [-0.39, 0.29) is 0 Å². The second kappa shape index (κ2) is 29.6. The lowest BCUT2D eigenvalue weighted by molar-refractivity contribution is 1.21. The lowest BCUT2D eigenvalue weighted by Gasteiger charge is -2.26. The molecular formula is C102H76N4. The fourth-order valence-corrected chi connectivity index (χ4v) is 14.7. The van der Waals surface area contributed by atoms with E-state index in [1.807, 2.05) is 0 Å². The van der Waals surface area contributed by atoms with Crippen LogP contribution >= 0.6 is 0 Å². The van der Waals surface area contributed by atoms with E-state index >= 15 is 0 Å². The molecule has 106 heavy (non-hydrogen) atoms. The van der Waals surface area contributed by atoms with Gasteiger partial charge in [-0.05, 0) is 232 Å². The smallest absolute Gasteiger partial charge is 0.0494 e. The van der Waals surface area contributed by atoms with Gasteiger partial charge in [0.25, 0.3) is 0 Å². The molecule has 0 aromatic heterocycles. The van der Waals surface area contributed by atoms with Gasteiger partial charge in [-0.25, -0.2) is 0 Å². The first-order chi connectivity index (χ1) is 52.3. The standard InChI is InChI=1S/2C51H38N2/c1-52(51-36-43-16-8-9-17-48(43)49-18-10-11-19-50(49)51)44-28-20-41(21-29-44)42-26-34-47(35-27-42)53(45-30-22-39(23-31-45)37-12-4-2-5-13-37)46-32-24-40(25-33-46)38-14-6-3-7-15-38;1-52(51-33-24-45-34-43-14-8-9-15-44(43)35-46(45)36-51)47-25-16-41(17-26-47)42-22-31-50(32-23-42)53(48-27-18-39(19-28-48)37-10-4-2-5-11-37)49-29-20-40(21-30-49)38-12-6-3-7-13-38/h2*2-36H,1H3. The van der Waals surface area contributed by atoms with Crippen molar-refractivity contribution in [2.45, 2.75) is 0 Å². The number of hydrogen-bond donors (Lipinski definition) is 0. The Hall–Kier alpha value is -13.8. The van der Waals surface area contributed by atoms with Crippen LogP contribution in [0.2, 0.25) is 0 Å². The van der Waals surface area contributed by atoms with Gasteiger partial charge < -0.3 is 19.6 Å². The summed E-state index contributed by atoms with van der Waals surface area (Å²) in [4.78, 5) is 9.22. The van der Waals surface area contributed by atoms with Crippen molar-refractivity contribution in [3.8, 4) is 66.8 Å². The molecular weight excluding hydrogens is 1280 g/mol. The molecule has 0 aliphatic rings. The molecule has 18 rings (SSSR count). The normalized spacial score (nSPS) is 11.1. The Morgan fingerprint density at radius 2 is 0.377 bits per heavy atom. The van der Waals surface area contributed by atoms with Crippen LogP contribution in [-0.4, -0.2) is 14.1 Å². The Morgan fingerprint density at radius 1 is 0.142 bits per heavy atom. The van der Waals surface area contributed by atoms with Crippen molar-refractivity contribution < 1.29 is 0 Å². The molecule has 0 atom stereocenters. The van der Waals surface area contributed by atoms with Crippen molar-refractivity contribution in [3.63, 3.8) is 0 Å². The largest absolute Gasteiger partial charge is 0.345 e. The highest BCUT2D eigenvalue weighted by Gasteiger charge is 2.19. The molecule has 0 aliphatic heterocycles. The second-order valence-electron chi connectivity index (χ2n) is 27.0. The van der Waals surface area contributed by atoms with Crippen LogP contribution in [0.15, 0.2) is 425 Å². The van der Waals surface area contributed by atoms with E-state index in [1.165, 1.54) is 121 Å². The summed E-state index contributed by atoms with van der Waals surface area (Å²) in [6.07, 6.45) is 0. The first-order valence-electron chi connectivity index (χ1n) is 36.3. The topological polar surface area (TPSA) is 13.0 Å². The first-order valence-corrected chi connectivity index (χ1v) is 36.3. The van der Waals surface area contributed by atoms with E-state index in [9.17, 15) is 0 Å². The van der Waals surface area contributed by atoms with E-state index < -0.39 is 0 Å². The minimum Gasteiger partial charge on any atom is -0.345 e. The van der Waals surface area contributed by atoms with E-state index in [2.05, 4.69) is 458 Å². The number of nitrogens with zero attached hydrogens (tertiary/aromatic N) is 4. The van der Waals surface area contributed by atoms with Gasteiger partial charge in [-0.2, -0.15) is 0 Å². The van der Waals surface area contributed by atoms with Crippen LogP contribution in [0.5, 0.6) is 0 Å². The summed E-state index contributed by atoms with van der Waals surface area (Å²) in [5.41, 5.74) is 25.7. The van der Waals surface area contributed by atoms with Crippen LogP contribution in [0.3, 0.4) is 0 Å². The van der Waals surface area contributed by atoms with E-state index in [1.54, 1.807) is 0 Å². The zero-order valence-electron chi connectivity index (χ0n) is 59.2. The van der Waals surface area contributed by atoms with Gasteiger partial charge in [0.15, 0.2) is 0 Å². The van der Waals surface area contributed by atoms with Gasteiger partial charge in [0.2, 0.25) is 0 Å². The fourth-order valence-electron chi connectivity index (χ4n) is 14.7. The molecule has 0 saturated carbocycles. The van der Waals surface area contributed by atoms with Gasteiger partial charge in [0.1, 0.15) is 0 Å². The molecule has 0 unspecified atom stereocenters. The van der Waals surface area contributed by atoms with Gasteiger partial charge >= 0.3 is 0 Å². The minimum atomic E-state index is 1.10. The summed E-state index contributed by atoms with van der Waals surface area (Å²) in [5, 5.41) is 10.1. The predicted octanol–water partition coefficient (Wildman–Crippen LogP) is 28.5. The molecule has 0 N–H and O–H groups in total. The molecule has 0 radical (unpaired) electrons. The maximum absolute atomic E-state index is 2.33. The van der Waals surface area contributed by atoms with Crippen LogP contribution < -0.4 is 19.6 Å². The molecule has 18 aromatic carbocycles. The van der Waals surface area contributed by atoms with Crippen molar-refractivity contribution in [2.24, 2.45) is 0 Å². The minimum absolute atomic E-state index is 1.10. The average molecular weight is 1360 g/mol. The lowest BCUT2D eigenvalue weighted by Crippen LogP contribution is -2.10. The molecule has 4 heteroatoms. The molecule has 0 bridgehead atoms. The average Bonchev–Trinajstić information content (AvgIpc) is 0.764. The lowest BCUT2D eigenvalue weighted by atomic mass is 9.99. The molecule has 0 spiro atoms. The Labute approximate surface area is 621 Å². The van der Waals surface area contributed by atoms with Crippen LogP contribution in [0.25, 0.3) is 110 Å². The number of anilines is 10. The highest BCUT2D eigenvalue weighted by molar-refractivity contribution is 6.14. The molecule has 4 nitrogen and oxygen atoms in total. The third kappa shape index (κ3) is 13.8. The Morgan fingerprint density at radius 3 is 0.717 bits per heavy atom. The number of hydrogen-bond acceptors (Lipinski definition) is 4. The summed E-state index contributed by atoms with van der Waals surface area (Å²) < 4.78 is 0. The van der Waals surface area contributed by atoms with Crippen molar-refractivity contribution in [1.82, 2.24) is 0 Å². The number of rotatable bonds is 16. The summed E-state index contributed by atoms with van der Waals surface area (Å²) in [6, 6.07) is 153. The zero-order valence-corrected chi connectivity index (χ0v) is 59.2. The second-order valence-corrected chi connectivity index (χ2v) is 27.0. The molecule has 0 heterocycles. The zero-order chi connectivity index (χ0) is 71.1. The quantitative estimate of drug-likeness (QED) is 0.0706. The Balaban J connectivity index is 0.000000156. The monoisotopic (exact) mass is 1360 g/mol. The van der Waals surface area contributed by atoms with Gasteiger partial charge in [-0.1, -0.05) is 297 Å². The van der Waals surface area contributed by atoms with Gasteiger partial charge in [-0.15, -0.1) is 0 Å². The van der Waals surface area contributed by atoms with E-state index in [0.29, 0.717) is 0 Å². The predicted molar refractivity (Wildman–Crippen MR) is 454 cm³/mol. The summed E-state index contributed by atoms with van der Waals surface area (Å²) in [7, 11) is 4.30. The third-order valence-corrected chi connectivity index (χ3v) is 20.5. The van der Waals surface area contributed by atoms with Crippen LogP contribution in [0.4, 0.5) is 56.9 Å². The van der Waals surface area contributed by atoms with Crippen LogP contribution in [-0.2, 0) is 0 Å². The maximum atomic E-state index is 2.33. The SMILES string of the molecule is CN(c1ccc(-c2ccc(N(c3ccc(-c4ccccc4)cc3)c3ccc(-c4ccccc4)cc3)cc2)cc1)c1cc2ccccc2c2ccccc12.CN(c1ccc(-c2ccc(N(c3ccc(-c4ccccc4)cc3)c3ccc(-c4ccccc4)cc3)cc2)cc1)c1ccc2cc3ccccc3cc2c1. The molecule has 18 aromatic rings. The van der Waals surface area contributed by atoms with Gasteiger partial charge in [0, 0.05) is 76.4 Å². The highest BCUT2D eigenvalue weighted by atomic mass is 15.1. The van der Waals surface area contributed by atoms with E-state index in [0.717, 1.165) is 45.5 Å². The van der Waals surface area contributed by atoms with Gasteiger partial charge in [-0.3, -0.25) is 0 Å². The summed E-state index contributed by atoms with van der Waals surface area (Å²) in [5.74, 6) is 0. The van der Waals surface area contributed by atoms with Crippen molar-refractivity contribution >= 4 is 100.0 Å². The van der Waals surface area contributed by atoms with Crippen molar-refractivity contribution in [2.75, 3.05) is 33.7 Å². The van der Waals surface area contributed by atoms with Crippen molar-refractivity contribution in [1.29, 1.82) is 0 Å². The summed E-state index contributed by atoms with van der Waals surface area (Å²) >= 11 is 0. The van der Waals surface area contributed by atoms with E-state index in [4.69, 9.17) is 0 Å². The molecule has 0 amide bonds. The Kier molecular flexibility index (Phi) is 18.3. The highest BCUT2D eigenvalue weighted by Crippen LogP contribution is 2.43. The molecule has 0 fully saturated rings. The van der Waals surface area contributed by atoms with Gasteiger partial charge in [0.05, 0.1) is 0 Å². The van der Waals surface area contributed by atoms with Crippen LogP contribution in [0.1, 0.15) is 0 Å². The first kappa shape index (κ1) is 65.5. The molecule has 504 valence electrons. The number of benzene rings is 18. The number of fused-ring (bicyclic) bond motifs is 5. The Bertz CT molecular complexity index is 5850. The third-order valence-electron chi connectivity index (χ3n) is 20.5. The fraction of sp³-hybridized carbons (Fsp3) is 0.0196. The summed E-state index contributed by atoms with van der Waals surface area (Å²) in [6.45, 7) is 0. The maximum Gasteiger partial charge on any atom is 0.0494 e. The van der Waals surface area contributed by atoms with Crippen LogP contribution in [0, 0.1) is 0 Å². The van der Waals surface area contributed by atoms with Crippen molar-refractivity contribution in [3.05, 3.63) is 425 Å². The molecule has 0 aliphatic carbocycles.